The Bertz CT molecular complexity index is 614. The van der Waals surface area contributed by atoms with E-state index in [1.54, 1.807) is 6.92 Å². The molecule has 0 fully saturated rings. The van der Waals surface area contributed by atoms with Crippen LogP contribution in [0.4, 0.5) is 0 Å². The molecule has 21 heavy (non-hydrogen) atoms. The second-order valence-corrected chi connectivity index (χ2v) is 5.83. The fourth-order valence-corrected chi connectivity index (χ4v) is 2.17. The quantitative estimate of drug-likeness (QED) is 0.208. The van der Waals surface area contributed by atoms with E-state index in [1.165, 1.54) is 13.1 Å². The smallest absolute Gasteiger partial charge is 1.00 e. The first-order valence-corrected chi connectivity index (χ1v) is 7.49. The third kappa shape index (κ3) is 6.17. The Balaban J connectivity index is 0. The topological polar surface area (TPSA) is 131 Å². The molecule has 11 heteroatoms. The summed E-state index contributed by atoms with van der Waals surface area (Å²) in [4.78, 5) is 43.3. The maximum absolute atomic E-state index is 11.6. The van der Waals surface area contributed by atoms with Crippen LogP contribution in [0.3, 0.4) is 0 Å². The fraction of sp³-hybridized carbons (Fsp3) is 0.600. The first-order valence-electron chi connectivity index (χ1n) is 5.81. The van der Waals surface area contributed by atoms with Crippen LogP contribution in [0, 0.1) is 6.92 Å². The average molecular weight is 332 g/mol. The van der Waals surface area contributed by atoms with E-state index in [4.69, 9.17) is 19.3 Å². The van der Waals surface area contributed by atoms with E-state index >= 15 is 0 Å². The minimum Gasteiger partial charge on any atom is -1.00 e. The molecule has 0 bridgehead atoms. The number of aryl methyl sites for hydroxylation is 1. The number of nitrogens with one attached hydrogen (secondary N) is 1. The molecule has 0 saturated heterocycles. The molecule has 0 amide bonds. The van der Waals surface area contributed by atoms with Crippen LogP contribution in [0.5, 0.6) is 0 Å². The maximum Gasteiger partial charge on any atom is 1.00 e. The zero-order chi connectivity index (χ0) is 15.3. The van der Waals surface area contributed by atoms with Gasteiger partial charge in [-0.15, -0.1) is 0 Å². The van der Waals surface area contributed by atoms with E-state index < -0.39 is 31.5 Å². The van der Waals surface area contributed by atoms with Crippen LogP contribution in [0.2, 0.25) is 0 Å². The van der Waals surface area contributed by atoms with Gasteiger partial charge >= 0.3 is 42.8 Å². The predicted molar refractivity (Wildman–Crippen MR) is 70.3 cm³/mol. The Hall–Kier alpha value is -0.250. The zero-order valence-corrected chi connectivity index (χ0v) is 15.0. The molecule has 9 nitrogen and oxygen atoms in total. The van der Waals surface area contributed by atoms with Crippen LogP contribution >= 0.6 is 7.60 Å². The van der Waals surface area contributed by atoms with Gasteiger partial charge in [0.2, 0.25) is 0 Å². The van der Waals surface area contributed by atoms with Crippen molar-refractivity contribution >= 4 is 7.60 Å². The molecule has 1 aromatic heterocycles. The third-order valence-electron chi connectivity index (χ3n) is 2.53. The van der Waals surface area contributed by atoms with Gasteiger partial charge in [-0.1, -0.05) is 6.92 Å². The molecule has 1 aromatic rings. The molecule has 1 unspecified atom stereocenters. The van der Waals surface area contributed by atoms with E-state index in [1.807, 2.05) is 0 Å². The minimum absolute atomic E-state index is 0. The number of aromatic nitrogens is 2. The van der Waals surface area contributed by atoms with Gasteiger partial charge in [0.05, 0.1) is 0 Å². The van der Waals surface area contributed by atoms with Crippen molar-refractivity contribution < 1.29 is 54.8 Å². The minimum atomic E-state index is -4.35. The summed E-state index contributed by atoms with van der Waals surface area (Å²) in [5.41, 5.74) is -0.797. The Morgan fingerprint density at radius 1 is 1.48 bits per heavy atom. The molecular formula is C10H18N2NaO7P. The molecule has 1 heterocycles. The Labute approximate surface area is 144 Å². The average Bonchev–Trinajstić information content (AvgIpc) is 2.36. The van der Waals surface area contributed by atoms with Crippen LogP contribution in [-0.2, 0) is 20.8 Å². The first-order chi connectivity index (χ1) is 9.27. The van der Waals surface area contributed by atoms with Gasteiger partial charge < -0.3 is 25.7 Å². The molecule has 0 radical (unpaired) electrons. The van der Waals surface area contributed by atoms with Crippen LogP contribution in [0.1, 0.15) is 20.3 Å². The van der Waals surface area contributed by atoms with Gasteiger partial charge in [-0.25, -0.2) is 9.36 Å². The fourth-order valence-electron chi connectivity index (χ4n) is 1.44. The molecular weight excluding hydrogens is 314 g/mol. The van der Waals surface area contributed by atoms with E-state index in [9.17, 15) is 14.2 Å². The molecule has 0 aliphatic rings. The summed E-state index contributed by atoms with van der Waals surface area (Å²) in [7, 11) is -4.35. The van der Waals surface area contributed by atoms with E-state index in [2.05, 4.69) is 4.98 Å². The summed E-state index contributed by atoms with van der Waals surface area (Å²) in [5.74, 6) is -1.27. The molecule has 0 aliphatic heterocycles. The van der Waals surface area contributed by atoms with Crippen molar-refractivity contribution in [3.8, 4) is 0 Å². The largest absolute Gasteiger partial charge is 1.00 e. The maximum atomic E-state index is 11.6. The summed E-state index contributed by atoms with van der Waals surface area (Å²) in [6, 6.07) is 0. The Kier molecular flexibility index (Phi) is 8.91. The van der Waals surface area contributed by atoms with Crippen molar-refractivity contribution in [2.75, 3.05) is 6.79 Å². The predicted octanol–water partition coefficient (Wildman–Crippen LogP) is -3.18. The molecule has 0 saturated carbocycles. The van der Waals surface area contributed by atoms with Crippen molar-refractivity contribution in [2.24, 2.45) is 0 Å². The summed E-state index contributed by atoms with van der Waals surface area (Å²) in [5, 5.41) is 0. The monoisotopic (exact) mass is 332 g/mol. The standard InChI is InChI=1S/C10H17N2O7P.Na.H/c1-3-8(20(15,16)17)19-6-18-5-12-9(13)7(2)4-11-10(12)14;;/h4,8H,3,5-6H2,1-2H3,(H,11,14)(H2,15,16,17);;/q;+1;-1. The number of hydrogen-bond acceptors (Lipinski definition) is 5. The van der Waals surface area contributed by atoms with Crippen molar-refractivity contribution in [3.05, 3.63) is 32.6 Å². The van der Waals surface area contributed by atoms with Crippen LogP contribution in [0.25, 0.3) is 0 Å². The second-order valence-electron chi connectivity index (χ2n) is 4.08. The van der Waals surface area contributed by atoms with Crippen LogP contribution in [0.15, 0.2) is 15.8 Å². The number of rotatable bonds is 7. The summed E-state index contributed by atoms with van der Waals surface area (Å²) < 4.78 is 21.6. The van der Waals surface area contributed by atoms with Crippen molar-refractivity contribution in [1.82, 2.24) is 9.55 Å². The Morgan fingerprint density at radius 2 is 2.10 bits per heavy atom. The SMILES string of the molecule is CCC(OCOCn1c(=O)[nH]cc(C)c1=O)P(=O)(O)O.[H-].[Na+]. The number of ether oxygens (including phenoxy) is 2. The summed E-state index contributed by atoms with van der Waals surface area (Å²) in [6.07, 6.45) is 1.40. The number of hydrogen-bond donors (Lipinski definition) is 3. The van der Waals surface area contributed by atoms with Crippen molar-refractivity contribution in [3.63, 3.8) is 0 Å². The molecule has 1 rings (SSSR count). The third-order valence-corrected chi connectivity index (χ3v) is 3.79. The van der Waals surface area contributed by atoms with Crippen LogP contribution < -0.4 is 40.8 Å². The van der Waals surface area contributed by atoms with E-state index in [0.717, 1.165) is 4.57 Å². The van der Waals surface area contributed by atoms with Gasteiger partial charge in [0.15, 0.2) is 5.85 Å². The normalized spacial score (nSPS) is 12.8. The molecule has 0 spiro atoms. The van der Waals surface area contributed by atoms with Gasteiger partial charge in [-0.2, -0.15) is 0 Å². The number of aromatic amines is 1. The molecule has 0 aliphatic carbocycles. The second kappa shape index (κ2) is 9.02. The van der Waals surface area contributed by atoms with Crippen molar-refractivity contribution in [1.29, 1.82) is 0 Å². The van der Waals surface area contributed by atoms with Gasteiger partial charge in [0.25, 0.3) is 5.56 Å². The molecule has 116 valence electrons. The zero-order valence-electron chi connectivity index (χ0n) is 13.1. The summed E-state index contributed by atoms with van der Waals surface area (Å²) in [6.45, 7) is 2.28. The Morgan fingerprint density at radius 3 is 2.62 bits per heavy atom. The molecule has 0 aromatic carbocycles. The number of H-pyrrole nitrogens is 1. The van der Waals surface area contributed by atoms with Crippen molar-refractivity contribution in [2.45, 2.75) is 32.8 Å². The van der Waals surface area contributed by atoms with E-state index in [-0.39, 0.29) is 44.1 Å². The van der Waals surface area contributed by atoms with Gasteiger partial charge in [-0.3, -0.25) is 9.36 Å². The summed E-state index contributed by atoms with van der Waals surface area (Å²) >= 11 is 0. The molecule has 1 atom stereocenters. The van der Waals surface area contributed by atoms with Crippen LogP contribution in [-0.4, -0.2) is 32.0 Å². The van der Waals surface area contributed by atoms with Gasteiger partial charge in [0.1, 0.15) is 13.5 Å². The van der Waals surface area contributed by atoms with Gasteiger partial charge in [0, 0.05) is 11.8 Å². The molecule has 3 N–H and O–H groups in total. The van der Waals surface area contributed by atoms with E-state index in [0.29, 0.717) is 5.56 Å². The van der Waals surface area contributed by atoms with Gasteiger partial charge in [-0.05, 0) is 13.3 Å². The first kappa shape index (κ1) is 20.8. The number of nitrogens with zero attached hydrogens (tertiary/aromatic N) is 1.